The number of sulfonamides is 1. The molecule has 1 N–H and O–H groups in total. The molecule has 10 heteroatoms. The molecule has 3 rings (SSSR count). The van der Waals surface area contributed by atoms with Gasteiger partial charge >= 0.3 is 0 Å². The number of hydrogen-bond donors (Lipinski definition) is 1. The number of aromatic nitrogens is 2. The normalized spacial score (nSPS) is 12.6. The molecule has 0 radical (unpaired) electrons. The molecule has 0 amide bonds. The Morgan fingerprint density at radius 1 is 1.18 bits per heavy atom. The fourth-order valence-corrected chi connectivity index (χ4v) is 4.84. The molecule has 0 aliphatic heterocycles. The van der Waals surface area contributed by atoms with E-state index in [0.717, 1.165) is 6.26 Å². The van der Waals surface area contributed by atoms with Crippen LogP contribution in [0.25, 0.3) is 10.9 Å². The molecular formula is C23H27N3O5S2. The number of thioether (sulfide) groups is 1. The quantitative estimate of drug-likeness (QED) is 0.190. The van der Waals surface area contributed by atoms with E-state index in [9.17, 15) is 18.0 Å². The number of ketones is 1. The predicted molar refractivity (Wildman–Crippen MR) is 132 cm³/mol. The average molecular weight is 490 g/mol. The van der Waals surface area contributed by atoms with Gasteiger partial charge in [0.25, 0.3) is 5.56 Å². The minimum absolute atomic E-state index is 0.143. The van der Waals surface area contributed by atoms with E-state index in [0.29, 0.717) is 53.5 Å². The molecule has 0 saturated heterocycles. The molecule has 0 fully saturated rings. The monoisotopic (exact) mass is 489 g/mol. The smallest absolute Gasteiger partial charge is 0.262 e. The van der Waals surface area contributed by atoms with Crippen LogP contribution in [0.2, 0.25) is 0 Å². The van der Waals surface area contributed by atoms with Crippen LogP contribution in [0, 0.1) is 0 Å². The molecule has 0 spiro atoms. The summed E-state index contributed by atoms with van der Waals surface area (Å²) in [6.07, 6.45) is 1.72. The van der Waals surface area contributed by atoms with Crippen LogP contribution >= 0.6 is 11.8 Å². The Morgan fingerprint density at radius 3 is 2.55 bits per heavy atom. The van der Waals surface area contributed by atoms with Crippen LogP contribution in [-0.4, -0.2) is 48.5 Å². The Morgan fingerprint density at radius 2 is 1.88 bits per heavy atom. The Kier molecular flexibility index (Phi) is 8.28. The standard InChI is InChI=1S/C23H27N3O5S2/c1-4-31-15-7-14-26-22(28)19-8-5-6-9-20(19)24-23(26)32-16(2)21(27)17-10-12-18(13-11-17)25-33(3,29)30/h5-6,8-13,16,25H,4,7,14-15H2,1-3H3. The molecule has 0 aliphatic carbocycles. The van der Waals surface area contributed by atoms with Crippen LogP contribution in [-0.2, 0) is 21.3 Å². The van der Waals surface area contributed by atoms with E-state index in [2.05, 4.69) is 9.71 Å². The summed E-state index contributed by atoms with van der Waals surface area (Å²) in [6, 6.07) is 13.4. The lowest BCUT2D eigenvalue weighted by Gasteiger charge is -2.16. The number of nitrogens with one attached hydrogen (secondary N) is 1. The first kappa shape index (κ1) is 24.9. The van der Waals surface area contributed by atoms with Crippen molar-refractivity contribution in [2.24, 2.45) is 0 Å². The lowest BCUT2D eigenvalue weighted by Crippen LogP contribution is -2.25. The molecule has 176 valence electrons. The highest BCUT2D eigenvalue weighted by Crippen LogP contribution is 2.26. The third-order valence-corrected chi connectivity index (χ3v) is 6.52. The van der Waals surface area contributed by atoms with Gasteiger partial charge in [-0.1, -0.05) is 23.9 Å². The van der Waals surface area contributed by atoms with Crippen LogP contribution in [0.15, 0.2) is 58.5 Å². The Balaban J connectivity index is 1.84. The number of Topliss-reactive ketones (excluding diaryl/α,β-unsaturated/α-hetero) is 1. The van der Waals surface area contributed by atoms with Crippen molar-refractivity contribution in [1.29, 1.82) is 0 Å². The highest BCUT2D eigenvalue weighted by Gasteiger charge is 2.21. The van der Waals surface area contributed by atoms with Crippen molar-refractivity contribution in [2.45, 2.75) is 37.2 Å². The number of nitrogens with zero attached hydrogens (tertiary/aromatic N) is 2. The third kappa shape index (κ3) is 6.66. The van der Waals surface area contributed by atoms with Gasteiger partial charge in [0.2, 0.25) is 10.0 Å². The minimum Gasteiger partial charge on any atom is -0.382 e. The minimum atomic E-state index is -3.39. The molecule has 33 heavy (non-hydrogen) atoms. The predicted octanol–water partition coefficient (Wildman–Crippen LogP) is 3.56. The lowest BCUT2D eigenvalue weighted by molar-refractivity contribution is 0.0993. The Bertz CT molecular complexity index is 1290. The summed E-state index contributed by atoms with van der Waals surface area (Å²) in [6.45, 7) is 5.26. The van der Waals surface area contributed by atoms with Crippen molar-refractivity contribution < 1.29 is 17.9 Å². The second kappa shape index (κ2) is 11.0. The molecule has 1 unspecified atom stereocenters. The van der Waals surface area contributed by atoms with Gasteiger partial charge in [-0.2, -0.15) is 0 Å². The van der Waals surface area contributed by atoms with Crippen LogP contribution < -0.4 is 10.3 Å². The number of fused-ring (bicyclic) bond motifs is 1. The molecule has 1 aromatic heterocycles. The van der Waals surface area contributed by atoms with Crippen LogP contribution in [0.4, 0.5) is 5.69 Å². The molecule has 3 aromatic rings. The summed E-state index contributed by atoms with van der Waals surface area (Å²) in [5.74, 6) is -0.144. The highest BCUT2D eigenvalue weighted by molar-refractivity contribution is 8.00. The summed E-state index contributed by atoms with van der Waals surface area (Å²) in [5, 5.41) is 0.502. The second-order valence-electron chi connectivity index (χ2n) is 7.49. The van der Waals surface area contributed by atoms with Crippen molar-refractivity contribution in [2.75, 3.05) is 24.2 Å². The van der Waals surface area contributed by atoms with Crippen LogP contribution in [0.3, 0.4) is 0 Å². The fraction of sp³-hybridized carbons (Fsp3) is 0.348. The molecule has 8 nitrogen and oxygen atoms in total. The van der Waals surface area contributed by atoms with Crippen LogP contribution in [0.5, 0.6) is 0 Å². The van der Waals surface area contributed by atoms with Gasteiger partial charge in [0.05, 0.1) is 22.4 Å². The molecule has 0 saturated carbocycles. The fourth-order valence-electron chi connectivity index (χ4n) is 3.27. The van der Waals surface area contributed by atoms with Gasteiger partial charge in [-0.05, 0) is 56.7 Å². The number of anilines is 1. The SMILES string of the molecule is CCOCCCn1c(SC(C)C(=O)c2ccc(NS(C)(=O)=O)cc2)nc2ccccc2c1=O. The van der Waals surface area contributed by atoms with Gasteiger partial charge in [0.1, 0.15) is 0 Å². The maximum absolute atomic E-state index is 13.1. The van der Waals surface area contributed by atoms with Gasteiger partial charge in [0.15, 0.2) is 10.9 Å². The van der Waals surface area contributed by atoms with Crippen molar-refractivity contribution in [1.82, 2.24) is 9.55 Å². The molecular weight excluding hydrogens is 462 g/mol. The lowest BCUT2D eigenvalue weighted by atomic mass is 10.1. The van der Waals surface area contributed by atoms with E-state index in [1.807, 2.05) is 13.0 Å². The van der Waals surface area contributed by atoms with Crippen LogP contribution in [0.1, 0.15) is 30.6 Å². The van der Waals surface area contributed by atoms with E-state index in [1.165, 1.54) is 11.8 Å². The molecule has 1 atom stereocenters. The number of hydrogen-bond acceptors (Lipinski definition) is 7. The first-order valence-electron chi connectivity index (χ1n) is 10.6. The third-order valence-electron chi connectivity index (χ3n) is 4.83. The summed E-state index contributed by atoms with van der Waals surface area (Å²) in [4.78, 5) is 30.8. The maximum Gasteiger partial charge on any atom is 0.262 e. The van der Waals surface area contributed by atoms with E-state index >= 15 is 0 Å². The van der Waals surface area contributed by atoms with Crippen molar-refractivity contribution in [3.63, 3.8) is 0 Å². The summed E-state index contributed by atoms with van der Waals surface area (Å²) < 4.78 is 32.1. The van der Waals surface area contributed by atoms with Crippen molar-refractivity contribution >= 4 is 44.2 Å². The summed E-state index contributed by atoms with van der Waals surface area (Å²) in [5.41, 5.74) is 1.27. The molecule has 0 aliphatic rings. The van der Waals surface area contributed by atoms with Gasteiger partial charge in [-0.3, -0.25) is 18.9 Å². The zero-order chi connectivity index (χ0) is 24.0. The van der Waals surface area contributed by atoms with Crippen molar-refractivity contribution in [3.8, 4) is 0 Å². The number of carbonyl (C=O) groups is 1. The number of carbonyl (C=O) groups excluding carboxylic acids is 1. The van der Waals surface area contributed by atoms with Gasteiger partial charge in [0, 0.05) is 31.0 Å². The van der Waals surface area contributed by atoms with E-state index in [4.69, 9.17) is 4.74 Å². The maximum atomic E-state index is 13.1. The number of benzene rings is 2. The summed E-state index contributed by atoms with van der Waals surface area (Å²) >= 11 is 1.23. The molecule has 2 aromatic carbocycles. The Hall–Kier alpha value is -2.69. The van der Waals surface area contributed by atoms with E-state index in [-0.39, 0.29) is 11.3 Å². The average Bonchev–Trinajstić information content (AvgIpc) is 2.77. The van der Waals surface area contributed by atoms with Crippen molar-refractivity contribution in [3.05, 3.63) is 64.4 Å². The Labute approximate surface area is 197 Å². The van der Waals surface area contributed by atoms with Gasteiger partial charge in [-0.25, -0.2) is 13.4 Å². The molecule has 0 bridgehead atoms. The zero-order valence-electron chi connectivity index (χ0n) is 18.8. The zero-order valence-corrected chi connectivity index (χ0v) is 20.4. The highest BCUT2D eigenvalue weighted by atomic mass is 32.2. The molecule has 1 heterocycles. The second-order valence-corrected chi connectivity index (χ2v) is 10.6. The largest absolute Gasteiger partial charge is 0.382 e. The van der Waals surface area contributed by atoms with Gasteiger partial charge < -0.3 is 4.74 Å². The first-order valence-corrected chi connectivity index (χ1v) is 13.3. The topological polar surface area (TPSA) is 107 Å². The van der Waals surface area contributed by atoms with E-state index in [1.54, 1.807) is 54.0 Å². The number of ether oxygens (including phenoxy) is 1. The summed E-state index contributed by atoms with van der Waals surface area (Å²) in [7, 11) is -3.39. The first-order chi connectivity index (χ1) is 15.7. The number of rotatable bonds is 11. The van der Waals surface area contributed by atoms with Gasteiger partial charge in [-0.15, -0.1) is 0 Å². The van der Waals surface area contributed by atoms with E-state index < -0.39 is 15.3 Å². The number of para-hydroxylation sites is 1.